The Morgan fingerprint density at radius 3 is 2.70 bits per heavy atom. The minimum absolute atomic E-state index is 0.243. The molecule has 7 heteroatoms. The molecule has 3 rings (SSSR count). The number of pyridine rings is 1. The Morgan fingerprint density at radius 1 is 1.10 bits per heavy atom. The zero-order chi connectivity index (χ0) is 13.8. The zero-order valence-electron chi connectivity index (χ0n) is 10.2. The molecule has 0 aliphatic carbocycles. The summed E-state index contributed by atoms with van der Waals surface area (Å²) in [7, 11) is 0. The van der Waals surface area contributed by atoms with E-state index >= 15 is 0 Å². The van der Waals surface area contributed by atoms with E-state index in [-0.39, 0.29) is 5.91 Å². The number of thiazole rings is 1. The molecule has 0 bridgehead atoms. The molecule has 3 heterocycles. The lowest BCUT2D eigenvalue weighted by Gasteiger charge is -2.02. The molecule has 0 fully saturated rings. The van der Waals surface area contributed by atoms with Gasteiger partial charge in [-0.25, -0.2) is 0 Å². The third-order valence-corrected chi connectivity index (χ3v) is 3.26. The number of amides is 1. The summed E-state index contributed by atoms with van der Waals surface area (Å²) in [6.07, 6.45) is 3.20. The van der Waals surface area contributed by atoms with Crippen LogP contribution in [-0.4, -0.2) is 26.1 Å². The monoisotopic (exact) mass is 283 g/mol. The van der Waals surface area contributed by atoms with E-state index in [1.807, 2.05) is 18.2 Å². The fraction of sp³-hybridized carbons (Fsp3) is 0. The number of carbonyl (C=O) groups is 1. The fourth-order valence-electron chi connectivity index (χ4n) is 1.56. The van der Waals surface area contributed by atoms with Gasteiger partial charge in [0.2, 0.25) is 0 Å². The highest BCUT2D eigenvalue weighted by Crippen LogP contribution is 2.14. The maximum absolute atomic E-state index is 11.8. The van der Waals surface area contributed by atoms with Crippen LogP contribution >= 0.6 is 11.3 Å². The Morgan fingerprint density at radius 2 is 2.05 bits per heavy atom. The predicted molar refractivity (Wildman–Crippen MR) is 75.3 cm³/mol. The number of carbonyl (C=O) groups excluding carboxylic acids is 1. The first kappa shape index (κ1) is 12.4. The molecule has 6 nitrogen and oxygen atoms in total. The van der Waals surface area contributed by atoms with Crippen molar-refractivity contribution in [2.24, 2.45) is 0 Å². The Labute approximate surface area is 118 Å². The molecular weight excluding hydrogens is 274 g/mol. The van der Waals surface area contributed by atoms with E-state index in [2.05, 4.69) is 25.5 Å². The quantitative estimate of drug-likeness (QED) is 0.797. The molecule has 3 aromatic rings. The number of rotatable bonds is 3. The minimum Gasteiger partial charge on any atom is -0.304 e. The Balaban J connectivity index is 1.75. The van der Waals surface area contributed by atoms with E-state index in [1.165, 1.54) is 17.5 Å². The summed E-state index contributed by atoms with van der Waals surface area (Å²) in [6.45, 7) is 0. The predicted octanol–water partition coefficient (Wildman–Crippen LogP) is 2.25. The molecule has 0 spiro atoms. The number of anilines is 1. The molecule has 0 radical (unpaired) electrons. The molecule has 98 valence electrons. The Hall–Kier alpha value is -2.67. The SMILES string of the molecule is O=C(Nc1ccc(-c2ccccn2)nn1)c1cncs1. The van der Waals surface area contributed by atoms with Crippen LogP contribution in [-0.2, 0) is 0 Å². The maximum Gasteiger partial charge on any atom is 0.268 e. The van der Waals surface area contributed by atoms with Crippen LogP contribution in [0, 0.1) is 0 Å². The molecule has 0 aliphatic rings. The van der Waals surface area contributed by atoms with Crippen LogP contribution in [0.1, 0.15) is 9.67 Å². The highest BCUT2D eigenvalue weighted by molar-refractivity contribution is 7.11. The third-order valence-electron chi connectivity index (χ3n) is 2.49. The van der Waals surface area contributed by atoms with Gasteiger partial charge in [0.05, 0.1) is 17.4 Å². The van der Waals surface area contributed by atoms with E-state index in [4.69, 9.17) is 0 Å². The van der Waals surface area contributed by atoms with Gasteiger partial charge in [0.15, 0.2) is 5.82 Å². The molecule has 0 aliphatic heterocycles. The number of hydrogen-bond donors (Lipinski definition) is 1. The van der Waals surface area contributed by atoms with Crippen LogP contribution in [0.3, 0.4) is 0 Å². The number of aromatic nitrogens is 4. The summed E-state index contributed by atoms with van der Waals surface area (Å²) < 4.78 is 0. The van der Waals surface area contributed by atoms with Crippen molar-refractivity contribution in [2.45, 2.75) is 0 Å². The topological polar surface area (TPSA) is 80.7 Å². The summed E-state index contributed by atoms with van der Waals surface area (Å²) in [4.78, 5) is 20.4. The van der Waals surface area contributed by atoms with Crippen molar-refractivity contribution in [1.29, 1.82) is 0 Å². The smallest absolute Gasteiger partial charge is 0.268 e. The lowest BCUT2D eigenvalue weighted by molar-refractivity contribution is 0.103. The Kier molecular flexibility index (Phi) is 3.42. The summed E-state index contributed by atoms with van der Waals surface area (Å²) >= 11 is 1.27. The summed E-state index contributed by atoms with van der Waals surface area (Å²) in [5.74, 6) is 0.149. The van der Waals surface area contributed by atoms with Crippen molar-refractivity contribution in [3.05, 3.63) is 53.1 Å². The van der Waals surface area contributed by atoms with Crippen LogP contribution in [0.15, 0.2) is 48.2 Å². The highest BCUT2D eigenvalue weighted by Gasteiger charge is 2.09. The molecule has 3 aromatic heterocycles. The zero-order valence-corrected chi connectivity index (χ0v) is 11.0. The maximum atomic E-state index is 11.8. The van der Waals surface area contributed by atoms with E-state index in [9.17, 15) is 4.79 Å². The van der Waals surface area contributed by atoms with Crippen molar-refractivity contribution in [3.63, 3.8) is 0 Å². The second kappa shape index (κ2) is 5.54. The molecule has 1 amide bonds. The number of nitrogens with one attached hydrogen (secondary N) is 1. The first-order chi connectivity index (χ1) is 9.83. The minimum atomic E-state index is -0.243. The van der Waals surface area contributed by atoms with Crippen molar-refractivity contribution in [1.82, 2.24) is 20.2 Å². The average Bonchev–Trinajstić information content (AvgIpc) is 3.03. The second-order valence-corrected chi connectivity index (χ2v) is 4.72. The largest absolute Gasteiger partial charge is 0.304 e. The average molecular weight is 283 g/mol. The van der Waals surface area contributed by atoms with Crippen LogP contribution in [0.2, 0.25) is 0 Å². The normalized spacial score (nSPS) is 10.2. The molecule has 0 aromatic carbocycles. The van der Waals surface area contributed by atoms with Crippen molar-refractivity contribution in [2.75, 3.05) is 5.32 Å². The molecule has 0 saturated heterocycles. The van der Waals surface area contributed by atoms with E-state index in [1.54, 1.807) is 23.8 Å². The first-order valence-corrected chi connectivity index (χ1v) is 6.66. The molecule has 0 unspecified atom stereocenters. The number of hydrogen-bond acceptors (Lipinski definition) is 6. The highest BCUT2D eigenvalue weighted by atomic mass is 32.1. The summed E-state index contributed by atoms with van der Waals surface area (Å²) in [5, 5.41) is 10.7. The molecule has 1 N–H and O–H groups in total. The molecule has 0 atom stereocenters. The lowest BCUT2D eigenvalue weighted by Crippen LogP contribution is -2.11. The standard InChI is InChI=1S/C13H9N5OS/c19-13(11-7-14-8-20-11)16-12-5-4-10(17-18-12)9-3-1-2-6-15-9/h1-8H,(H,16,18,19). The first-order valence-electron chi connectivity index (χ1n) is 5.78. The lowest BCUT2D eigenvalue weighted by atomic mass is 10.2. The van der Waals surface area contributed by atoms with E-state index < -0.39 is 0 Å². The van der Waals surface area contributed by atoms with E-state index in [0.717, 1.165) is 5.69 Å². The van der Waals surface area contributed by atoms with Crippen molar-refractivity contribution < 1.29 is 4.79 Å². The number of nitrogens with zero attached hydrogens (tertiary/aromatic N) is 4. The van der Waals surface area contributed by atoms with Gasteiger partial charge in [-0.3, -0.25) is 14.8 Å². The van der Waals surface area contributed by atoms with Gasteiger partial charge < -0.3 is 5.32 Å². The second-order valence-electron chi connectivity index (χ2n) is 3.84. The van der Waals surface area contributed by atoms with Gasteiger partial charge in [-0.2, -0.15) is 0 Å². The van der Waals surface area contributed by atoms with Gasteiger partial charge in [-0.05, 0) is 24.3 Å². The summed E-state index contributed by atoms with van der Waals surface area (Å²) in [6, 6.07) is 9.01. The summed E-state index contributed by atoms with van der Waals surface area (Å²) in [5.41, 5.74) is 2.99. The van der Waals surface area contributed by atoms with Crippen molar-refractivity contribution >= 4 is 23.1 Å². The van der Waals surface area contributed by atoms with Gasteiger partial charge in [0.25, 0.3) is 5.91 Å². The molecular formula is C13H9N5OS. The van der Waals surface area contributed by atoms with Gasteiger partial charge in [0.1, 0.15) is 10.6 Å². The van der Waals surface area contributed by atoms with Crippen molar-refractivity contribution in [3.8, 4) is 11.4 Å². The molecule has 20 heavy (non-hydrogen) atoms. The van der Waals surface area contributed by atoms with E-state index in [0.29, 0.717) is 16.4 Å². The van der Waals surface area contributed by atoms with Gasteiger partial charge >= 0.3 is 0 Å². The van der Waals surface area contributed by atoms with Gasteiger partial charge in [0, 0.05) is 6.20 Å². The Bertz CT molecular complexity index is 697. The third kappa shape index (κ3) is 2.67. The van der Waals surface area contributed by atoms with Crippen LogP contribution in [0.4, 0.5) is 5.82 Å². The van der Waals surface area contributed by atoms with Crippen LogP contribution in [0.25, 0.3) is 11.4 Å². The fourth-order valence-corrected chi connectivity index (χ4v) is 2.07. The molecule has 0 saturated carbocycles. The van der Waals surface area contributed by atoms with Crippen LogP contribution in [0.5, 0.6) is 0 Å². The van der Waals surface area contributed by atoms with Gasteiger partial charge in [-0.15, -0.1) is 21.5 Å². The van der Waals surface area contributed by atoms with Crippen LogP contribution < -0.4 is 5.32 Å². The van der Waals surface area contributed by atoms with Gasteiger partial charge in [-0.1, -0.05) is 6.07 Å².